The van der Waals surface area contributed by atoms with Crippen molar-refractivity contribution in [1.82, 2.24) is 9.29 Å². The minimum atomic E-state index is -3.72. The van der Waals surface area contributed by atoms with Crippen molar-refractivity contribution in [3.63, 3.8) is 0 Å². The first-order valence-corrected chi connectivity index (χ1v) is 12.6. The third-order valence-electron chi connectivity index (χ3n) is 5.09. The number of thiazole rings is 1. The second-order valence-electron chi connectivity index (χ2n) is 7.23. The summed E-state index contributed by atoms with van der Waals surface area (Å²) >= 11 is 5.06. The van der Waals surface area contributed by atoms with Crippen molar-refractivity contribution in [2.75, 3.05) is 31.1 Å². The van der Waals surface area contributed by atoms with Gasteiger partial charge in [0, 0.05) is 42.5 Å². The van der Waals surface area contributed by atoms with Gasteiger partial charge in [-0.3, -0.25) is 0 Å². The fourth-order valence-electron chi connectivity index (χ4n) is 3.49. The van der Waals surface area contributed by atoms with Crippen molar-refractivity contribution in [2.24, 2.45) is 0 Å². The molecular formula is C21H21BrFN3O2S2. The van der Waals surface area contributed by atoms with E-state index in [1.54, 1.807) is 18.3 Å². The molecule has 2 aromatic carbocycles. The number of sulfonamides is 1. The Bertz CT molecular complexity index is 1160. The average molecular weight is 510 g/mol. The number of aryl methyl sites for hydroxylation is 1. The Hall–Kier alpha value is -1.81. The van der Waals surface area contributed by atoms with Gasteiger partial charge in [-0.05, 0) is 42.3 Å². The van der Waals surface area contributed by atoms with Crippen molar-refractivity contribution in [2.45, 2.75) is 18.2 Å². The molecule has 2 heterocycles. The van der Waals surface area contributed by atoms with E-state index in [2.05, 4.69) is 38.3 Å². The molecule has 1 aliphatic rings. The molecular weight excluding hydrogens is 489 g/mol. The third kappa shape index (κ3) is 4.59. The zero-order chi connectivity index (χ0) is 21.3. The number of rotatable bonds is 5. The summed E-state index contributed by atoms with van der Waals surface area (Å²) in [6, 6.07) is 12.0. The molecule has 0 spiro atoms. The molecule has 0 bridgehead atoms. The van der Waals surface area contributed by atoms with E-state index in [0.29, 0.717) is 31.7 Å². The van der Waals surface area contributed by atoms with Crippen LogP contribution < -0.4 is 4.90 Å². The lowest BCUT2D eigenvalue weighted by atomic mass is 10.1. The monoisotopic (exact) mass is 509 g/mol. The first-order chi connectivity index (χ1) is 14.3. The van der Waals surface area contributed by atoms with Crippen LogP contribution in [0, 0.1) is 12.7 Å². The summed E-state index contributed by atoms with van der Waals surface area (Å²) in [6.07, 6.45) is 0.753. The van der Waals surface area contributed by atoms with Gasteiger partial charge in [0.15, 0.2) is 5.13 Å². The minimum Gasteiger partial charge on any atom is -0.345 e. The Balaban J connectivity index is 1.42. The number of nitrogens with zero attached hydrogens (tertiary/aromatic N) is 3. The van der Waals surface area contributed by atoms with Crippen molar-refractivity contribution in [3.8, 4) is 0 Å². The van der Waals surface area contributed by atoms with Crippen molar-refractivity contribution < 1.29 is 12.8 Å². The Labute approximate surface area is 188 Å². The van der Waals surface area contributed by atoms with Crippen LogP contribution in [0.15, 0.2) is 57.2 Å². The fourth-order valence-corrected chi connectivity index (χ4v) is 6.47. The highest BCUT2D eigenvalue weighted by Crippen LogP contribution is 2.27. The van der Waals surface area contributed by atoms with Crippen molar-refractivity contribution >= 4 is 42.4 Å². The van der Waals surface area contributed by atoms with Crippen LogP contribution in [0.25, 0.3) is 0 Å². The number of hydrogen-bond donors (Lipinski definition) is 0. The Morgan fingerprint density at radius 3 is 2.63 bits per heavy atom. The zero-order valence-electron chi connectivity index (χ0n) is 16.4. The SMILES string of the molecule is Cc1ccc(F)cc1S(=O)(=O)N1CCN(c2nc(Cc3cccc(Br)c3)cs2)CC1. The summed E-state index contributed by atoms with van der Waals surface area (Å²) in [5, 5.41) is 2.95. The molecule has 0 radical (unpaired) electrons. The summed E-state index contributed by atoms with van der Waals surface area (Å²) in [7, 11) is -3.72. The lowest BCUT2D eigenvalue weighted by molar-refractivity contribution is 0.384. The molecule has 0 saturated carbocycles. The third-order valence-corrected chi connectivity index (χ3v) is 8.58. The number of anilines is 1. The van der Waals surface area contributed by atoms with Crippen LogP contribution in [0.2, 0.25) is 0 Å². The highest BCUT2D eigenvalue weighted by Gasteiger charge is 2.30. The summed E-state index contributed by atoms with van der Waals surface area (Å²) in [5.41, 5.74) is 2.73. The van der Waals surface area contributed by atoms with Gasteiger partial charge in [0.2, 0.25) is 10.0 Å². The summed E-state index contributed by atoms with van der Waals surface area (Å²) < 4.78 is 42.0. The summed E-state index contributed by atoms with van der Waals surface area (Å²) in [4.78, 5) is 6.90. The summed E-state index contributed by atoms with van der Waals surface area (Å²) in [5.74, 6) is -0.543. The molecule has 5 nitrogen and oxygen atoms in total. The van der Waals surface area contributed by atoms with Crippen LogP contribution in [0.5, 0.6) is 0 Å². The van der Waals surface area contributed by atoms with Crippen LogP contribution in [-0.4, -0.2) is 43.9 Å². The molecule has 1 aromatic heterocycles. The van der Waals surface area contributed by atoms with Crippen molar-refractivity contribution in [1.29, 1.82) is 0 Å². The Morgan fingerprint density at radius 2 is 1.90 bits per heavy atom. The van der Waals surface area contributed by atoms with Crippen molar-refractivity contribution in [3.05, 3.63) is 75.0 Å². The lowest BCUT2D eigenvalue weighted by Gasteiger charge is -2.34. The molecule has 1 fully saturated rings. The molecule has 30 heavy (non-hydrogen) atoms. The first kappa shape index (κ1) is 21.4. The molecule has 0 N–H and O–H groups in total. The van der Waals surface area contributed by atoms with E-state index in [-0.39, 0.29) is 4.90 Å². The van der Waals surface area contributed by atoms with Gasteiger partial charge in [-0.15, -0.1) is 11.3 Å². The van der Waals surface area contributed by atoms with Crippen LogP contribution >= 0.6 is 27.3 Å². The standard InChI is InChI=1S/C21H21BrFN3O2S2/c1-15-5-6-18(23)13-20(15)30(27,28)26-9-7-25(8-10-26)21-24-19(14-29-21)12-16-3-2-4-17(22)11-16/h2-6,11,13-14H,7-10,12H2,1H3. The number of aromatic nitrogens is 1. The Kier molecular flexibility index (Phi) is 6.24. The molecule has 1 saturated heterocycles. The second kappa shape index (κ2) is 8.74. The van der Waals surface area contributed by atoms with Crippen LogP contribution in [0.3, 0.4) is 0 Å². The zero-order valence-corrected chi connectivity index (χ0v) is 19.6. The predicted octanol–water partition coefficient (Wildman–Crippen LogP) is 4.45. The van der Waals surface area contributed by atoms with E-state index in [9.17, 15) is 12.8 Å². The van der Waals surface area contributed by atoms with E-state index in [4.69, 9.17) is 4.98 Å². The molecule has 0 atom stereocenters. The van der Waals surface area contributed by atoms with Gasteiger partial charge >= 0.3 is 0 Å². The fraction of sp³-hybridized carbons (Fsp3) is 0.286. The molecule has 0 aliphatic carbocycles. The molecule has 158 valence electrons. The summed E-state index contributed by atoms with van der Waals surface area (Å²) in [6.45, 7) is 3.48. The highest BCUT2D eigenvalue weighted by molar-refractivity contribution is 9.10. The second-order valence-corrected chi connectivity index (χ2v) is 10.9. The maximum Gasteiger partial charge on any atom is 0.243 e. The van der Waals surface area contributed by atoms with Gasteiger partial charge in [0.25, 0.3) is 0 Å². The molecule has 1 aliphatic heterocycles. The molecule has 4 rings (SSSR count). The van der Waals surface area contributed by atoms with Gasteiger partial charge in [-0.1, -0.05) is 34.1 Å². The number of halogens is 2. The quantitative estimate of drug-likeness (QED) is 0.509. The lowest BCUT2D eigenvalue weighted by Crippen LogP contribution is -2.48. The molecule has 3 aromatic rings. The first-order valence-electron chi connectivity index (χ1n) is 9.53. The van der Waals surface area contributed by atoms with Gasteiger partial charge in [0.1, 0.15) is 5.82 Å². The van der Waals surface area contributed by atoms with E-state index in [1.807, 2.05) is 12.1 Å². The average Bonchev–Trinajstić information content (AvgIpc) is 3.18. The van der Waals surface area contributed by atoms with Crippen LogP contribution in [-0.2, 0) is 16.4 Å². The molecule has 0 unspecified atom stereocenters. The Morgan fingerprint density at radius 1 is 1.13 bits per heavy atom. The number of hydrogen-bond acceptors (Lipinski definition) is 5. The van der Waals surface area contributed by atoms with Gasteiger partial charge in [-0.25, -0.2) is 17.8 Å². The van der Waals surface area contributed by atoms with Gasteiger partial charge in [0.05, 0.1) is 10.6 Å². The molecule has 0 amide bonds. The maximum atomic E-state index is 13.6. The minimum absolute atomic E-state index is 0.0431. The topological polar surface area (TPSA) is 53.5 Å². The smallest absolute Gasteiger partial charge is 0.243 e. The largest absolute Gasteiger partial charge is 0.345 e. The highest BCUT2D eigenvalue weighted by atomic mass is 79.9. The van der Waals surface area contributed by atoms with Gasteiger partial charge in [-0.2, -0.15) is 4.31 Å². The van der Waals surface area contributed by atoms with Crippen LogP contribution in [0.1, 0.15) is 16.8 Å². The van der Waals surface area contributed by atoms with E-state index in [0.717, 1.165) is 27.8 Å². The predicted molar refractivity (Wildman–Crippen MR) is 121 cm³/mol. The number of benzene rings is 2. The van der Waals surface area contributed by atoms with E-state index >= 15 is 0 Å². The van der Waals surface area contributed by atoms with E-state index < -0.39 is 15.8 Å². The van der Waals surface area contributed by atoms with E-state index in [1.165, 1.54) is 22.0 Å². The maximum absolute atomic E-state index is 13.6. The number of piperazine rings is 1. The normalized spacial score (nSPS) is 15.5. The molecule has 9 heteroatoms. The van der Waals surface area contributed by atoms with Crippen LogP contribution in [0.4, 0.5) is 9.52 Å². The van der Waals surface area contributed by atoms with Gasteiger partial charge < -0.3 is 4.90 Å².